The van der Waals surface area contributed by atoms with Gasteiger partial charge in [0.15, 0.2) is 6.10 Å². The Morgan fingerprint density at radius 1 is 1.26 bits per heavy atom. The van der Waals surface area contributed by atoms with Crippen molar-refractivity contribution in [2.75, 3.05) is 13.1 Å². The molecule has 0 bridgehead atoms. The van der Waals surface area contributed by atoms with Gasteiger partial charge in [0, 0.05) is 13.1 Å². The monoisotopic (exact) mass is 267 g/mol. The Kier molecular flexibility index (Phi) is 6.49. The van der Waals surface area contributed by atoms with Gasteiger partial charge in [-0.05, 0) is 19.4 Å². The molecule has 0 spiro atoms. The van der Waals surface area contributed by atoms with E-state index in [4.69, 9.17) is 14.9 Å². The van der Waals surface area contributed by atoms with Gasteiger partial charge in [-0.2, -0.15) is 0 Å². The van der Waals surface area contributed by atoms with Gasteiger partial charge in [0.1, 0.15) is 0 Å². The third-order valence-corrected chi connectivity index (χ3v) is 2.68. The average Bonchev–Trinajstić information content (AvgIpc) is 2.39. The van der Waals surface area contributed by atoms with Gasteiger partial charge in [-0.3, -0.25) is 0 Å². The van der Waals surface area contributed by atoms with E-state index in [9.17, 15) is 4.79 Å². The zero-order valence-electron chi connectivity index (χ0n) is 11.2. The number of hydrogen-bond acceptors (Lipinski definition) is 4. The van der Waals surface area contributed by atoms with Gasteiger partial charge in [0.2, 0.25) is 0 Å². The van der Waals surface area contributed by atoms with Crippen molar-refractivity contribution in [3.63, 3.8) is 0 Å². The van der Waals surface area contributed by atoms with E-state index in [0.29, 0.717) is 17.8 Å². The van der Waals surface area contributed by atoms with Crippen molar-refractivity contribution in [1.82, 2.24) is 5.32 Å². The number of carboxylic acid groups (broad SMARTS) is 1. The largest absolute Gasteiger partial charge is 0.479 e. The van der Waals surface area contributed by atoms with E-state index < -0.39 is 12.1 Å². The fourth-order valence-electron chi connectivity index (χ4n) is 1.76. The number of benzene rings is 1. The van der Waals surface area contributed by atoms with Crippen LogP contribution in [-0.4, -0.2) is 41.5 Å². The SMILES string of the molecule is C[C@H]1CNC[C@H](C)O1.O=C(O)[C@H](O)c1ccccc1. The van der Waals surface area contributed by atoms with Crippen molar-refractivity contribution in [2.24, 2.45) is 0 Å². The standard InChI is InChI=1S/C8H8O3.C6H13NO/c9-7(8(10)11)6-4-2-1-3-5-6;1-5-3-7-4-6(2)8-5/h1-5,7,9H,(H,10,11);5-7H,3-4H2,1-2H3/t7-;5-,6-/m10/s1. The molecule has 19 heavy (non-hydrogen) atoms. The molecule has 0 unspecified atom stereocenters. The Bertz CT molecular complexity index is 374. The number of aliphatic carboxylic acids is 1. The molecule has 106 valence electrons. The predicted octanol–water partition coefficient (Wildman–Crippen LogP) is 1.19. The molecule has 2 rings (SSSR count). The summed E-state index contributed by atoms with van der Waals surface area (Å²) in [7, 11) is 0. The summed E-state index contributed by atoms with van der Waals surface area (Å²) in [4.78, 5) is 10.2. The minimum atomic E-state index is -1.41. The Labute approximate surface area is 113 Å². The van der Waals surface area contributed by atoms with Crippen LogP contribution in [0.3, 0.4) is 0 Å². The summed E-state index contributed by atoms with van der Waals surface area (Å²) < 4.78 is 5.42. The van der Waals surface area contributed by atoms with Crippen LogP contribution in [0.5, 0.6) is 0 Å². The molecule has 0 amide bonds. The van der Waals surface area contributed by atoms with E-state index in [1.807, 2.05) is 0 Å². The first kappa shape index (κ1) is 15.6. The minimum absolute atomic E-state index is 0.402. The lowest BCUT2D eigenvalue weighted by Gasteiger charge is -2.25. The summed E-state index contributed by atoms with van der Waals surface area (Å²) in [5.74, 6) is -1.23. The molecule has 5 nitrogen and oxygen atoms in total. The molecule has 0 aliphatic carbocycles. The molecule has 1 heterocycles. The number of carbonyl (C=O) groups is 1. The molecule has 1 aliphatic heterocycles. The van der Waals surface area contributed by atoms with E-state index in [1.165, 1.54) is 0 Å². The van der Waals surface area contributed by atoms with Crippen LogP contribution in [-0.2, 0) is 9.53 Å². The number of hydrogen-bond donors (Lipinski definition) is 3. The minimum Gasteiger partial charge on any atom is -0.479 e. The third-order valence-electron chi connectivity index (χ3n) is 2.68. The van der Waals surface area contributed by atoms with Crippen LogP contribution in [0.4, 0.5) is 0 Å². The molecular weight excluding hydrogens is 246 g/mol. The normalized spacial score (nSPS) is 23.9. The van der Waals surface area contributed by atoms with Crippen LogP contribution >= 0.6 is 0 Å². The van der Waals surface area contributed by atoms with E-state index in [0.717, 1.165) is 13.1 Å². The number of ether oxygens (including phenoxy) is 1. The first-order valence-electron chi connectivity index (χ1n) is 6.32. The van der Waals surface area contributed by atoms with Gasteiger partial charge in [-0.25, -0.2) is 4.79 Å². The zero-order chi connectivity index (χ0) is 14.3. The lowest BCUT2D eigenvalue weighted by atomic mass is 10.1. The molecular formula is C14H21NO4. The van der Waals surface area contributed by atoms with Crippen molar-refractivity contribution in [3.8, 4) is 0 Å². The predicted molar refractivity (Wildman–Crippen MR) is 71.9 cm³/mol. The molecule has 3 N–H and O–H groups in total. The lowest BCUT2D eigenvalue weighted by molar-refractivity contribution is -0.146. The van der Waals surface area contributed by atoms with E-state index in [1.54, 1.807) is 30.3 Å². The highest BCUT2D eigenvalue weighted by Crippen LogP contribution is 2.10. The van der Waals surface area contributed by atoms with Crippen molar-refractivity contribution in [2.45, 2.75) is 32.2 Å². The fraction of sp³-hybridized carbons (Fsp3) is 0.500. The Hall–Kier alpha value is -1.43. The van der Waals surface area contributed by atoms with Gasteiger partial charge in [-0.1, -0.05) is 30.3 Å². The van der Waals surface area contributed by atoms with Crippen LogP contribution in [0, 0.1) is 0 Å². The first-order valence-corrected chi connectivity index (χ1v) is 6.32. The van der Waals surface area contributed by atoms with Crippen LogP contribution in [0.25, 0.3) is 0 Å². The molecule has 1 aliphatic rings. The quantitative estimate of drug-likeness (QED) is 0.750. The van der Waals surface area contributed by atoms with Crippen molar-refractivity contribution >= 4 is 5.97 Å². The molecule has 5 heteroatoms. The second kappa shape index (κ2) is 7.89. The van der Waals surface area contributed by atoms with Gasteiger partial charge in [0.25, 0.3) is 0 Å². The van der Waals surface area contributed by atoms with Crippen LogP contribution in [0.2, 0.25) is 0 Å². The maximum atomic E-state index is 10.2. The van der Waals surface area contributed by atoms with Gasteiger partial charge in [0.05, 0.1) is 12.2 Å². The smallest absolute Gasteiger partial charge is 0.337 e. The summed E-state index contributed by atoms with van der Waals surface area (Å²) in [6, 6.07) is 8.26. The van der Waals surface area contributed by atoms with Crippen LogP contribution < -0.4 is 5.32 Å². The van der Waals surface area contributed by atoms with E-state index in [2.05, 4.69) is 19.2 Å². The summed E-state index contributed by atoms with van der Waals surface area (Å²) in [6.45, 7) is 6.18. The molecule has 1 aromatic rings. The molecule has 1 saturated heterocycles. The molecule has 3 atom stereocenters. The third kappa shape index (κ3) is 5.83. The number of carboxylic acids is 1. The summed E-state index contributed by atoms with van der Waals surface area (Å²) >= 11 is 0. The Balaban J connectivity index is 0.000000200. The highest BCUT2D eigenvalue weighted by Gasteiger charge is 2.14. The van der Waals surface area contributed by atoms with E-state index in [-0.39, 0.29) is 0 Å². The Morgan fingerprint density at radius 3 is 2.16 bits per heavy atom. The maximum absolute atomic E-state index is 10.2. The second-order valence-corrected chi connectivity index (χ2v) is 4.57. The van der Waals surface area contributed by atoms with Gasteiger partial charge < -0.3 is 20.3 Å². The van der Waals surface area contributed by atoms with Crippen LogP contribution in [0.15, 0.2) is 30.3 Å². The number of aliphatic hydroxyl groups is 1. The molecule has 0 radical (unpaired) electrons. The van der Waals surface area contributed by atoms with Crippen molar-refractivity contribution in [1.29, 1.82) is 0 Å². The highest BCUT2D eigenvalue weighted by molar-refractivity contribution is 5.73. The topological polar surface area (TPSA) is 78.8 Å². The summed E-state index contributed by atoms with van der Waals surface area (Å²) in [5, 5.41) is 20.6. The van der Waals surface area contributed by atoms with Crippen molar-refractivity contribution in [3.05, 3.63) is 35.9 Å². The maximum Gasteiger partial charge on any atom is 0.337 e. The van der Waals surface area contributed by atoms with Crippen LogP contribution in [0.1, 0.15) is 25.5 Å². The van der Waals surface area contributed by atoms with Gasteiger partial charge >= 0.3 is 5.97 Å². The highest BCUT2D eigenvalue weighted by atomic mass is 16.5. The zero-order valence-corrected chi connectivity index (χ0v) is 11.2. The summed E-state index contributed by atoms with van der Waals surface area (Å²) in [5.41, 5.74) is 0.403. The molecule has 1 fully saturated rings. The fourth-order valence-corrected chi connectivity index (χ4v) is 1.76. The molecule has 0 saturated carbocycles. The van der Waals surface area contributed by atoms with E-state index >= 15 is 0 Å². The number of aliphatic hydroxyl groups excluding tert-OH is 1. The second-order valence-electron chi connectivity index (χ2n) is 4.57. The first-order chi connectivity index (χ1) is 9.00. The Morgan fingerprint density at radius 2 is 1.79 bits per heavy atom. The lowest BCUT2D eigenvalue weighted by Crippen LogP contribution is -2.41. The van der Waals surface area contributed by atoms with Gasteiger partial charge in [-0.15, -0.1) is 0 Å². The summed E-state index contributed by atoms with van der Waals surface area (Å²) in [6.07, 6.45) is -0.603. The number of rotatable bonds is 2. The average molecular weight is 267 g/mol. The molecule has 0 aromatic heterocycles. The number of morpholine rings is 1. The van der Waals surface area contributed by atoms with Crippen molar-refractivity contribution < 1.29 is 19.7 Å². The number of nitrogens with one attached hydrogen (secondary N) is 1. The molecule has 1 aromatic carbocycles.